The van der Waals surface area contributed by atoms with E-state index in [-0.39, 0.29) is 36.2 Å². The summed E-state index contributed by atoms with van der Waals surface area (Å²) in [5, 5.41) is 16.8. The van der Waals surface area contributed by atoms with Crippen LogP contribution in [-0.2, 0) is 11.8 Å². The summed E-state index contributed by atoms with van der Waals surface area (Å²) in [7, 11) is 1.73. The zero-order valence-electron chi connectivity index (χ0n) is 21.0. The summed E-state index contributed by atoms with van der Waals surface area (Å²) in [5.74, 6) is -3.18. The number of fused-ring (bicyclic) bond motifs is 1. The van der Waals surface area contributed by atoms with Crippen molar-refractivity contribution in [2.45, 2.75) is 38.0 Å². The largest absolute Gasteiger partial charge is 0.481 e. The van der Waals surface area contributed by atoms with Crippen molar-refractivity contribution in [1.82, 2.24) is 15.1 Å². The molecule has 0 spiro atoms. The first kappa shape index (κ1) is 27.3. The fraction of sp³-hybridized carbons (Fsp3) is 0.276. The first-order valence-corrected chi connectivity index (χ1v) is 12.7. The Balaban J connectivity index is 1.80. The van der Waals surface area contributed by atoms with E-state index in [1.54, 1.807) is 36.0 Å². The van der Waals surface area contributed by atoms with Gasteiger partial charge in [-0.05, 0) is 53.8 Å². The molecule has 1 heterocycles. The minimum Gasteiger partial charge on any atom is -0.481 e. The minimum atomic E-state index is -0.987. The highest BCUT2D eigenvalue weighted by Gasteiger charge is 2.31. The molecule has 2 atom stereocenters. The molecule has 0 bridgehead atoms. The van der Waals surface area contributed by atoms with Crippen LogP contribution in [0.1, 0.15) is 65.2 Å². The van der Waals surface area contributed by atoms with Crippen LogP contribution in [0.15, 0.2) is 60.7 Å². The molecule has 0 saturated heterocycles. The van der Waals surface area contributed by atoms with Gasteiger partial charge in [0.15, 0.2) is 5.82 Å². The molecule has 0 aliphatic carbocycles. The molecule has 38 heavy (non-hydrogen) atoms. The fourth-order valence-electron chi connectivity index (χ4n) is 4.96. The number of carbonyl (C=O) groups is 2. The van der Waals surface area contributed by atoms with Gasteiger partial charge in [-0.15, -0.1) is 0 Å². The van der Waals surface area contributed by atoms with Gasteiger partial charge in [-0.25, -0.2) is 8.78 Å². The molecule has 0 radical (unpaired) electrons. The van der Waals surface area contributed by atoms with E-state index in [2.05, 4.69) is 17.3 Å². The van der Waals surface area contributed by atoms with Crippen LogP contribution in [0, 0.1) is 11.6 Å². The molecule has 198 valence electrons. The highest BCUT2D eigenvalue weighted by Crippen LogP contribution is 2.44. The number of hydrogen-bond donors (Lipinski definition) is 2. The second kappa shape index (κ2) is 11.7. The number of carboxylic acids is 1. The van der Waals surface area contributed by atoms with Gasteiger partial charge in [0.1, 0.15) is 11.3 Å². The van der Waals surface area contributed by atoms with Gasteiger partial charge < -0.3 is 10.4 Å². The number of aryl methyl sites for hydroxylation is 1. The maximum atomic E-state index is 14.7. The van der Waals surface area contributed by atoms with Crippen molar-refractivity contribution < 1.29 is 23.5 Å². The number of benzene rings is 3. The predicted molar refractivity (Wildman–Crippen MR) is 143 cm³/mol. The summed E-state index contributed by atoms with van der Waals surface area (Å²) in [6.45, 7) is 2.10. The number of nitrogens with one attached hydrogen (secondary N) is 1. The Morgan fingerprint density at radius 1 is 1.05 bits per heavy atom. The number of carbonyl (C=O) groups excluding carboxylic acids is 1. The number of amides is 1. The third-order valence-electron chi connectivity index (χ3n) is 6.65. The second-order valence-electron chi connectivity index (χ2n) is 9.24. The van der Waals surface area contributed by atoms with E-state index in [0.717, 1.165) is 30.0 Å². The van der Waals surface area contributed by atoms with Gasteiger partial charge in [-0.1, -0.05) is 49.2 Å². The summed E-state index contributed by atoms with van der Waals surface area (Å²) in [6, 6.07) is 16.7. The zero-order valence-corrected chi connectivity index (χ0v) is 21.8. The van der Waals surface area contributed by atoms with Gasteiger partial charge in [0.2, 0.25) is 0 Å². The van der Waals surface area contributed by atoms with Crippen LogP contribution >= 0.6 is 11.6 Å². The molecule has 2 N–H and O–H groups in total. The molecule has 9 heteroatoms. The predicted octanol–water partition coefficient (Wildman–Crippen LogP) is 6.43. The van der Waals surface area contributed by atoms with Crippen LogP contribution < -0.4 is 5.32 Å². The maximum absolute atomic E-state index is 14.7. The monoisotopic (exact) mass is 539 g/mol. The topological polar surface area (TPSA) is 84.2 Å². The highest BCUT2D eigenvalue weighted by atomic mass is 35.5. The van der Waals surface area contributed by atoms with E-state index in [1.807, 2.05) is 24.3 Å². The Hall–Kier alpha value is -3.78. The van der Waals surface area contributed by atoms with Gasteiger partial charge in [-0.2, -0.15) is 5.10 Å². The quantitative estimate of drug-likeness (QED) is 0.243. The Labute approximate surface area is 224 Å². The van der Waals surface area contributed by atoms with Crippen LogP contribution in [0.2, 0.25) is 5.02 Å². The van der Waals surface area contributed by atoms with Crippen LogP contribution in [0.5, 0.6) is 0 Å². The number of aromatic nitrogens is 2. The van der Waals surface area contributed by atoms with Crippen LogP contribution in [0.3, 0.4) is 0 Å². The molecule has 0 saturated carbocycles. The summed E-state index contributed by atoms with van der Waals surface area (Å²) < 4.78 is 30.7. The Kier molecular flexibility index (Phi) is 8.42. The van der Waals surface area contributed by atoms with Gasteiger partial charge >= 0.3 is 5.97 Å². The average molecular weight is 540 g/mol. The molecule has 0 aliphatic heterocycles. The summed E-state index contributed by atoms with van der Waals surface area (Å²) >= 11 is 6.18. The number of aliphatic carboxylic acids is 1. The van der Waals surface area contributed by atoms with E-state index >= 15 is 0 Å². The normalized spacial score (nSPS) is 12.9. The third kappa shape index (κ3) is 5.86. The standard InChI is InChI=1S/C29H28ClF2N3O3/c1-3-4-22(17-5-7-19(8-6-17)29(38)33-14-13-25(36)37)26(18-9-11-20(30)12-10-18)28-23-15-21(31)16-24(32)27(23)34-35(28)2/h5-12,15-16,22,26H,3-4,13-14H2,1-2H3,(H,33,38)(H,36,37). The number of carboxylic acid groups (broad SMARTS) is 1. The summed E-state index contributed by atoms with van der Waals surface area (Å²) in [6.07, 6.45) is 1.43. The first-order valence-electron chi connectivity index (χ1n) is 12.4. The third-order valence-corrected chi connectivity index (χ3v) is 6.91. The summed E-state index contributed by atoms with van der Waals surface area (Å²) in [5.41, 5.74) is 3.05. The molecule has 6 nitrogen and oxygen atoms in total. The minimum absolute atomic E-state index is 0.0354. The molecule has 0 aliphatic rings. The Morgan fingerprint density at radius 2 is 1.71 bits per heavy atom. The fourth-order valence-corrected chi connectivity index (χ4v) is 5.09. The lowest BCUT2D eigenvalue weighted by molar-refractivity contribution is -0.136. The van der Waals surface area contributed by atoms with E-state index < -0.39 is 17.6 Å². The molecule has 3 aromatic carbocycles. The van der Waals surface area contributed by atoms with Crippen LogP contribution in [0.25, 0.3) is 10.9 Å². The van der Waals surface area contributed by atoms with E-state index in [4.69, 9.17) is 16.7 Å². The Bertz CT molecular complexity index is 1450. The lowest BCUT2D eigenvalue weighted by Gasteiger charge is -2.29. The number of hydrogen-bond acceptors (Lipinski definition) is 3. The zero-order chi connectivity index (χ0) is 27.4. The van der Waals surface area contributed by atoms with Crippen molar-refractivity contribution in [3.8, 4) is 0 Å². The molecule has 2 unspecified atom stereocenters. The number of rotatable bonds is 10. The first-order chi connectivity index (χ1) is 18.2. The van der Waals surface area contributed by atoms with Crippen molar-refractivity contribution in [2.75, 3.05) is 6.54 Å². The Morgan fingerprint density at radius 3 is 2.34 bits per heavy atom. The van der Waals surface area contributed by atoms with Gasteiger partial charge in [0, 0.05) is 41.5 Å². The van der Waals surface area contributed by atoms with Crippen LogP contribution in [0.4, 0.5) is 8.78 Å². The second-order valence-corrected chi connectivity index (χ2v) is 9.68. The van der Waals surface area contributed by atoms with Gasteiger partial charge in [0.05, 0.1) is 12.1 Å². The smallest absolute Gasteiger partial charge is 0.305 e. The number of halogens is 3. The van der Waals surface area contributed by atoms with Crippen molar-refractivity contribution in [2.24, 2.45) is 7.05 Å². The molecule has 1 amide bonds. The lowest BCUT2D eigenvalue weighted by atomic mass is 9.76. The van der Waals surface area contributed by atoms with E-state index in [0.29, 0.717) is 21.7 Å². The molecule has 0 fully saturated rings. The molecular formula is C29H28ClF2N3O3. The van der Waals surface area contributed by atoms with Gasteiger partial charge in [0.25, 0.3) is 5.91 Å². The van der Waals surface area contributed by atoms with Crippen molar-refractivity contribution in [1.29, 1.82) is 0 Å². The molecular weight excluding hydrogens is 512 g/mol. The maximum Gasteiger partial charge on any atom is 0.305 e. The highest BCUT2D eigenvalue weighted by molar-refractivity contribution is 6.30. The summed E-state index contributed by atoms with van der Waals surface area (Å²) in [4.78, 5) is 23.2. The van der Waals surface area contributed by atoms with Crippen molar-refractivity contribution in [3.63, 3.8) is 0 Å². The van der Waals surface area contributed by atoms with Gasteiger partial charge in [-0.3, -0.25) is 14.3 Å². The van der Waals surface area contributed by atoms with Crippen LogP contribution in [-0.4, -0.2) is 33.3 Å². The van der Waals surface area contributed by atoms with E-state index in [9.17, 15) is 18.4 Å². The average Bonchev–Trinajstić information content (AvgIpc) is 3.20. The molecule has 4 rings (SSSR count). The molecule has 1 aromatic heterocycles. The van der Waals surface area contributed by atoms with Crippen molar-refractivity contribution >= 4 is 34.4 Å². The van der Waals surface area contributed by atoms with E-state index in [1.165, 1.54) is 6.07 Å². The molecule has 4 aromatic rings. The van der Waals surface area contributed by atoms with Crippen molar-refractivity contribution in [3.05, 3.63) is 99.7 Å². The number of nitrogens with zero attached hydrogens (tertiary/aromatic N) is 2. The SMILES string of the molecule is CCCC(c1ccc(C(=O)NCCC(=O)O)cc1)C(c1ccc(Cl)cc1)c1c2cc(F)cc(F)c2nn1C. The lowest BCUT2D eigenvalue weighted by Crippen LogP contribution is -2.26.